The van der Waals surface area contributed by atoms with Crippen LogP contribution < -0.4 is 19.3 Å². The molecular weight excluding hydrogens is 328 g/mol. The molecule has 0 radical (unpaired) electrons. The van der Waals surface area contributed by atoms with Gasteiger partial charge in [-0.3, -0.25) is 15.1 Å². The highest BCUT2D eigenvalue weighted by Gasteiger charge is 2.12. The molecule has 0 N–H and O–H groups in total. The van der Waals surface area contributed by atoms with Gasteiger partial charge in [0.15, 0.2) is 11.5 Å². The van der Waals surface area contributed by atoms with Crippen molar-refractivity contribution < 1.29 is 24.2 Å². The average molecular weight is 345 g/mol. The fraction of sp³-hybridized carbons (Fsp3) is 0.235. The van der Waals surface area contributed by atoms with Crippen molar-refractivity contribution in [2.24, 2.45) is 4.99 Å². The molecule has 0 aliphatic rings. The van der Waals surface area contributed by atoms with E-state index in [1.54, 1.807) is 12.1 Å². The first kappa shape index (κ1) is 18.1. The van der Waals surface area contributed by atoms with Gasteiger partial charge in [-0.15, -0.1) is 0 Å². The molecule has 0 amide bonds. The molecule has 132 valence electrons. The van der Waals surface area contributed by atoms with Crippen molar-refractivity contribution in [1.82, 2.24) is 0 Å². The van der Waals surface area contributed by atoms with Gasteiger partial charge in [0.25, 0.3) is 5.69 Å². The lowest BCUT2D eigenvalue weighted by Gasteiger charge is -2.13. The number of rotatable bonds is 7. The molecule has 0 bridgehead atoms. The Bertz CT molecular complexity index is 779. The van der Waals surface area contributed by atoms with Crippen molar-refractivity contribution in [3.8, 4) is 23.0 Å². The maximum absolute atomic E-state index is 11.8. The molecule has 0 saturated carbocycles. The van der Waals surface area contributed by atoms with Crippen LogP contribution in [0.25, 0.3) is 0 Å². The number of methoxy groups -OCH3 is 3. The van der Waals surface area contributed by atoms with E-state index in [2.05, 4.69) is 4.99 Å². The fourth-order valence-electron chi connectivity index (χ4n) is 2.23. The molecule has 2 rings (SSSR count). The first-order chi connectivity index (χ1) is 12.0. The Balaban J connectivity index is 2.25. The Morgan fingerprint density at radius 3 is 2.24 bits per heavy atom. The topological polar surface area (TPSA) is 106 Å². The molecule has 8 heteroatoms. The number of ether oxygens (including phenoxy) is 3. The van der Waals surface area contributed by atoms with Gasteiger partial charge in [0, 0.05) is 18.3 Å². The van der Waals surface area contributed by atoms with Crippen LogP contribution in [-0.2, 0) is 6.54 Å². The summed E-state index contributed by atoms with van der Waals surface area (Å²) in [5, 5.41) is 22.5. The van der Waals surface area contributed by atoms with Gasteiger partial charge in [-0.05, 0) is 23.3 Å². The molecule has 25 heavy (non-hydrogen) atoms. The van der Waals surface area contributed by atoms with Crippen molar-refractivity contribution >= 4 is 11.9 Å². The highest BCUT2D eigenvalue weighted by Crippen LogP contribution is 2.38. The average Bonchev–Trinajstić information content (AvgIpc) is 2.62. The minimum absolute atomic E-state index is 0.154. The molecule has 0 atom stereocenters. The van der Waals surface area contributed by atoms with E-state index in [0.29, 0.717) is 17.2 Å². The Morgan fingerprint density at radius 2 is 1.72 bits per heavy atom. The zero-order valence-electron chi connectivity index (χ0n) is 14.0. The maximum atomic E-state index is 11.8. The minimum atomic E-state index is -0.560. The van der Waals surface area contributed by atoms with E-state index in [4.69, 9.17) is 14.2 Å². The molecule has 2 aromatic rings. The summed E-state index contributed by atoms with van der Waals surface area (Å²) in [6, 6.07) is 6.99. The monoisotopic (exact) mass is 345 g/mol. The largest absolute Gasteiger partial charge is 0.872 e. The fourth-order valence-corrected chi connectivity index (χ4v) is 2.23. The predicted octanol–water partition coefficient (Wildman–Crippen LogP) is 2.31. The van der Waals surface area contributed by atoms with Crippen LogP contribution in [0.15, 0.2) is 35.3 Å². The van der Waals surface area contributed by atoms with Crippen LogP contribution in [-0.4, -0.2) is 32.5 Å². The maximum Gasteiger partial charge on any atom is 0.270 e. The zero-order chi connectivity index (χ0) is 18.4. The van der Waals surface area contributed by atoms with Crippen molar-refractivity contribution in [3.63, 3.8) is 0 Å². The molecule has 0 spiro atoms. The zero-order valence-corrected chi connectivity index (χ0v) is 14.0. The predicted molar refractivity (Wildman–Crippen MR) is 89.9 cm³/mol. The third-order valence-corrected chi connectivity index (χ3v) is 3.43. The van der Waals surface area contributed by atoms with Crippen LogP contribution >= 0.6 is 0 Å². The van der Waals surface area contributed by atoms with Crippen LogP contribution in [0.5, 0.6) is 23.0 Å². The smallest absolute Gasteiger partial charge is 0.270 e. The molecule has 0 fully saturated rings. The molecular formula is C17H17N2O6-. The van der Waals surface area contributed by atoms with Gasteiger partial charge >= 0.3 is 0 Å². The number of benzene rings is 2. The van der Waals surface area contributed by atoms with E-state index >= 15 is 0 Å². The molecule has 0 unspecified atom stereocenters. The summed E-state index contributed by atoms with van der Waals surface area (Å²) in [5.41, 5.74) is 0.763. The summed E-state index contributed by atoms with van der Waals surface area (Å²) in [6.07, 6.45) is 1.32. The highest BCUT2D eigenvalue weighted by atomic mass is 16.6. The molecule has 0 aliphatic carbocycles. The van der Waals surface area contributed by atoms with Crippen molar-refractivity contribution in [1.29, 1.82) is 0 Å². The van der Waals surface area contributed by atoms with E-state index in [-0.39, 0.29) is 23.5 Å². The lowest BCUT2D eigenvalue weighted by atomic mass is 10.1. The van der Waals surface area contributed by atoms with Crippen molar-refractivity contribution in [2.45, 2.75) is 6.54 Å². The molecule has 0 heterocycles. The van der Waals surface area contributed by atoms with Gasteiger partial charge in [-0.25, -0.2) is 0 Å². The third kappa shape index (κ3) is 4.17. The summed E-state index contributed by atoms with van der Waals surface area (Å²) in [4.78, 5) is 14.4. The summed E-state index contributed by atoms with van der Waals surface area (Å²) < 4.78 is 15.8. The first-order valence-electron chi connectivity index (χ1n) is 7.24. The number of non-ortho nitro benzene ring substituents is 1. The summed E-state index contributed by atoms with van der Waals surface area (Å²) >= 11 is 0. The molecule has 0 saturated heterocycles. The van der Waals surface area contributed by atoms with E-state index in [9.17, 15) is 15.2 Å². The number of hydrogen-bond acceptors (Lipinski definition) is 7. The Labute approximate surface area is 144 Å². The molecule has 0 aromatic heterocycles. The van der Waals surface area contributed by atoms with Gasteiger partial charge < -0.3 is 19.3 Å². The normalized spacial score (nSPS) is 10.7. The summed E-state index contributed by atoms with van der Waals surface area (Å²) in [6.45, 7) is 0.235. The quantitative estimate of drug-likeness (QED) is 0.433. The minimum Gasteiger partial charge on any atom is -0.872 e. The lowest BCUT2D eigenvalue weighted by molar-refractivity contribution is -0.385. The number of nitrogens with zero attached hydrogens (tertiary/aromatic N) is 2. The molecule has 2 aromatic carbocycles. The Hall–Kier alpha value is -3.29. The standard InChI is InChI=1S/C17H18N2O6/c1-23-15-6-11(7-16(24-2)17(15)25-3)9-18-10-12-8-13(19(21)22)4-5-14(12)20/h4-8,10,20H,9H2,1-3H3/p-1. The van der Waals surface area contributed by atoms with E-state index in [1.807, 2.05) is 0 Å². The van der Waals surface area contributed by atoms with Gasteiger partial charge in [0.05, 0.1) is 32.8 Å². The Morgan fingerprint density at radius 1 is 1.08 bits per heavy atom. The number of nitro groups is 1. The van der Waals surface area contributed by atoms with Crippen LogP contribution in [0, 0.1) is 10.1 Å². The van der Waals surface area contributed by atoms with E-state index in [1.165, 1.54) is 39.7 Å². The first-order valence-corrected chi connectivity index (χ1v) is 7.24. The second-order valence-corrected chi connectivity index (χ2v) is 4.98. The van der Waals surface area contributed by atoms with Gasteiger partial charge in [-0.2, -0.15) is 0 Å². The number of aliphatic imine (C=N–C) groups is 1. The number of nitro benzene ring substituents is 1. The van der Waals surface area contributed by atoms with E-state index < -0.39 is 4.92 Å². The van der Waals surface area contributed by atoms with Crippen molar-refractivity contribution in [3.05, 3.63) is 51.6 Å². The molecule has 8 nitrogen and oxygen atoms in total. The third-order valence-electron chi connectivity index (χ3n) is 3.43. The lowest BCUT2D eigenvalue weighted by Crippen LogP contribution is -1.99. The van der Waals surface area contributed by atoms with E-state index in [0.717, 1.165) is 11.6 Å². The van der Waals surface area contributed by atoms with Crippen LogP contribution in [0.2, 0.25) is 0 Å². The van der Waals surface area contributed by atoms with Crippen LogP contribution in [0.4, 0.5) is 5.69 Å². The second-order valence-electron chi connectivity index (χ2n) is 4.98. The van der Waals surface area contributed by atoms with Crippen molar-refractivity contribution in [2.75, 3.05) is 21.3 Å². The molecule has 0 aliphatic heterocycles. The number of hydrogen-bond donors (Lipinski definition) is 0. The van der Waals surface area contributed by atoms with Gasteiger partial charge in [0.2, 0.25) is 5.75 Å². The highest BCUT2D eigenvalue weighted by molar-refractivity contribution is 5.84. The van der Waals surface area contributed by atoms with Gasteiger partial charge in [-0.1, -0.05) is 11.8 Å². The SMILES string of the molecule is COc1cc(CN=Cc2cc([N+](=O)[O-])ccc2[O-])cc(OC)c1OC. The summed E-state index contributed by atoms with van der Waals surface area (Å²) in [7, 11) is 4.53. The van der Waals surface area contributed by atoms with Crippen LogP contribution in [0.3, 0.4) is 0 Å². The second kappa shape index (κ2) is 8.00. The summed E-state index contributed by atoms with van der Waals surface area (Å²) in [5.74, 6) is 1.12. The Kier molecular flexibility index (Phi) is 5.78. The van der Waals surface area contributed by atoms with Gasteiger partial charge in [0.1, 0.15) is 0 Å². The van der Waals surface area contributed by atoms with Crippen LogP contribution in [0.1, 0.15) is 11.1 Å².